The first-order valence-electron chi connectivity index (χ1n) is 10.2. The first-order valence-corrected chi connectivity index (χ1v) is 11.3. The van der Waals surface area contributed by atoms with Crippen LogP contribution in [0.15, 0.2) is 59.1 Å². The number of carbonyl (C=O) groups excluding carboxylic acids is 1. The minimum atomic E-state index is -0.302. The van der Waals surface area contributed by atoms with Crippen LogP contribution < -0.4 is 4.74 Å². The molecule has 1 heterocycles. The van der Waals surface area contributed by atoms with Crippen LogP contribution in [-0.4, -0.2) is 24.7 Å². The molecule has 0 unspecified atom stereocenters. The minimum absolute atomic E-state index is 0.185. The predicted molar refractivity (Wildman–Crippen MR) is 128 cm³/mol. The highest BCUT2D eigenvalue weighted by Crippen LogP contribution is 2.20. The average Bonchev–Trinajstić information content (AvgIpc) is 2.82. The summed E-state index contributed by atoms with van der Waals surface area (Å²) in [5, 5.41) is 9.83. The van der Waals surface area contributed by atoms with Gasteiger partial charge in [-0.3, -0.25) is 4.79 Å². The second-order valence-electron chi connectivity index (χ2n) is 7.16. The molecule has 2 aromatic carbocycles. The fraction of sp³-hybridized carbons (Fsp3) is 0.240. The zero-order chi connectivity index (χ0) is 23.6. The summed E-state index contributed by atoms with van der Waals surface area (Å²) in [5.74, 6) is 0.137. The highest BCUT2D eigenvalue weighted by Gasteiger charge is 2.10. The SMILES string of the molecule is COC(=O)Cc1ccc(Br)cc1COCCc1cc(COc2cccc(Cl)n2)ccc1C#N. The van der Waals surface area contributed by atoms with Crippen molar-refractivity contribution in [3.63, 3.8) is 0 Å². The predicted octanol–water partition coefficient (Wildman–Crippen LogP) is 5.42. The van der Waals surface area contributed by atoms with Crippen molar-refractivity contribution < 1.29 is 19.0 Å². The van der Waals surface area contributed by atoms with Crippen molar-refractivity contribution in [3.8, 4) is 11.9 Å². The number of nitrogens with zero attached hydrogens (tertiary/aromatic N) is 2. The Labute approximate surface area is 206 Å². The third kappa shape index (κ3) is 7.57. The minimum Gasteiger partial charge on any atom is -0.473 e. The van der Waals surface area contributed by atoms with Crippen molar-refractivity contribution in [1.82, 2.24) is 4.98 Å². The van der Waals surface area contributed by atoms with Gasteiger partial charge >= 0.3 is 5.97 Å². The maximum absolute atomic E-state index is 11.7. The Balaban J connectivity index is 1.60. The van der Waals surface area contributed by atoms with Crippen molar-refractivity contribution >= 4 is 33.5 Å². The zero-order valence-electron chi connectivity index (χ0n) is 18.0. The maximum Gasteiger partial charge on any atom is 0.309 e. The van der Waals surface area contributed by atoms with Crippen LogP contribution >= 0.6 is 27.5 Å². The Morgan fingerprint density at radius 3 is 2.70 bits per heavy atom. The molecule has 0 fully saturated rings. The monoisotopic (exact) mass is 528 g/mol. The van der Waals surface area contributed by atoms with Crippen LogP contribution in [0.5, 0.6) is 5.88 Å². The van der Waals surface area contributed by atoms with Gasteiger partial charge in [-0.05, 0) is 52.9 Å². The van der Waals surface area contributed by atoms with Gasteiger partial charge in [-0.1, -0.05) is 51.8 Å². The number of hydrogen-bond donors (Lipinski definition) is 0. The maximum atomic E-state index is 11.7. The number of halogens is 2. The molecule has 0 amide bonds. The number of pyridine rings is 1. The van der Waals surface area contributed by atoms with E-state index in [4.69, 9.17) is 25.8 Å². The summed E-state index contributed by atoms with van der Waals surface area (Å²) in [4.78, 5) is 15.8. The first kappa shape index (κ1) is 24.7. The summed E-state index contributed by atoms with van der Waals surface area (Å²) in [6, 6.07) is 18.7. The van der Waals surface area contributed by atoms with Gasteiger partial charge in [-0.2, -0.15) is 5.26 Å². The topological polar surface area (TPSA) is 81.4 Å². The highest BCUT2D eigenvalue weighted by molar-refractivity contribution is 9.10. The lowest BCUT2D eigenvalue weighted by molar-refractivity contribution is -0.139. The fourth-order valence-electron chi connectivity index (χ4n) is 3.17. The van der Waals surface area contributed by atoms with Crippen molar-refractivity contribution in [2.75, 3.05) is 13.7 Å². The third-order valence-electron chi connectivity index (χ3n) is 4.87. The molecule has 0 radical (unpaired) electrons. The first-order chi connectivity index (χ1) is 16.0. The molecular weight excluding hydrogens is 508 g/mol. The molecule has 8 heteroatoms. The van der Waals surface area contributed by atoms with E-state index in [1.807, 2.05) is 30.3 Å². The van der Waals surface area contributed by atoms with Gasteiger partial charge in [0.2, 0.25) is 5.88 Å². The molecule has 0 aliphatic rings. The van der Waals surface area contributed by atoms with Gasteiger partial charge in [0.1, 0.15) is 11.8 Å². The van der Waals surface area contributed by atoms with E-state index in [1.165, 1.54) is 7.11 Å². The lowest BCUT2D eigenvalue weighted by Gasteiger charge is -2.12. The van der Waals surface area contributed by atoms with Crippen LogP contribution in [0.2, 0.25) is 5.15 Å². The zero-order valence-corrected chi connectivity index (χ0v) is 20.4. The van der Waals surface area contributed by atoms with Gasteiger partial charge < -0.3 is 14.2 Å². The van der Waals surface area contributed by atoms with Gasteiger partial charge in [0, 0.05) is 10.5 Å². The van der Waals surface area contributed by atoms with E-state index >= 15 is 0 Å². The Kier molecular flexibility index (Phi) is 9.25. The standard InChI is InChI=1S/C25H22BrClN2O4/c1-31-25(30)13-18-7-8-22(26)12-21(18)16-32-10-9-19-11-17(5-6-20(19)14-28)15-33-24-4-2-3-23(27)29-24/h2-8,11-12H,9-10,13,15-16H2,1H3. The van der Waals surface area contributed by atoms with E-state index < -0.39 is 0 Å². The van der Waals surface area contributed by atoms with Gasteiger partial charge in [0.15, 0.2) is 0 Å². The second kappa shape index (κ2) is 12.4. The summed E-state index contributed by atoms with van der Waals surface area (Å²) in [6.45, 7) is 1.07. The lowest BCUT2D eigenvalue weighted by Crippen LogP contribution is -2.08. The number of hydrogen-bond acceptors (Lipinski definition) is 6. The summed E-state index contributed by atoms with van der Waals surface area (Å²) >= 11 is 9.35. The van der Waals surface area contributed by atoms with Crippen molar-refractivity contribution in [1.29, 1.82) is 5.26 Å². The summed E-state index contributed by atoms with van der Waals surface area (Å²) in [5.41, 5.74) is 4.15. The summed E-state index contributed by atoms with van der Waals surface area (Å²) in [7, 11) is 1.37. The number of carbonyl (C=O) groups is 1. The molecule has 3 aromatic rings. The number of esters is 1. The Bertz CT molecular complexity index is 1160. The van der Waals surface area contributed by atoms with Crippen molar-refractivity contribution in [2.45, 2.75) is 26.1 Å². The molecule has 0 bridgehead atoms. The molecule has 0 aliphatic carbocycles. The number of benzene rings is 2. The summed E-state index contributed by atoms with van der Waals surface area (Å²) < 4.78 is 17.3. The van der Waals surface area contributed by atoms with Crippen LogP contribution in [0.25, 0.3) is 0 Å². The quantitative estimate of drug-likeness (QED) is 0.198. The van der Waals surface area contributed by atoms with Crippen LogP contribution in [0, 0.1) is 11.3 Å². The van der Waals surface area contributed by atoms with Gasteiger partial charge in [0.25, 0.3) is 0 Å². The van der Waals surface area contributed by atoms with E-state index in [0.717, 1.165) is 26.7 Å². The molecule has 170 valence electrons. The number of aromatic nitrogens is 1. The Morgan fingerprint density at radius 2 is 1.94 bits per heavy atom. The average molecular weight is 530 g/mol. The Hall–Kier alpha value is -2.92. The molecule has 0 saturated heterocycles. The second-order valence-corrected chi connectivity index (χ2v) is 8.46. The number of ether oxygens (including phenoxy) is 3. The molecule has 33 heavy (non-hydrogen) atoms. The van der Waals surface area contributed by atoms with E-state index in [9.17, 15) is 10.1 Å². The van der Waals surface area contributed by atoms with E-state index in [-0.39, 0.29) is 12.4 Å². The van der Waals surface area contributed by atoms with Gasteiger partial charge in [-0.15, -0.1) is 0 Å². The molecular formula is C25H22BrClN2O4. The number of rotatable bonds is 10. The Morgan fingerprint density at radius 1 is 1.09 bits per heavy atom. The van der Waals surface area contributed by atoms with Gasteiger partial charge in [-0.25, -0.2) is 4.98 Å². The molecule has 0 spiro atoms. The number of methoxy groups -OCH3 is 1. The molecule has 3 rings (SSSR count). The van der Waals surface area contributed by atoms with Crippen molar-refractivity contribution in [3.05, 3.63) is 92.0 Å². The molecule has 0 atom stereocenters. The largest absolute Gasteiger partial charge is 0.473 e. The van der Waals surface area contributed by atoms with Crippen molar-refractivity contribution in [2.24, 2.45) is 0 Å². The third-order valence-corrected chi connectivity index (χ3v) is 5.57. The van der Waals surface area contributed by atoms with Crippen LogP contribution in [0.1, 0.15) is 27.8 Å². The van der Waals surface area contributed by atoms with E-state index in [2.05, 4.69) is 27.0 Å². The fourth-order valence-corrected chi connectivity index (χ4v) is 3.74. The highest BCUT2D eigenvalue weighted by atomic mass is 79.9. The van der Waals surface area contributed by atoms with Gasteiger partial charge in [0.05, 0.1) is 38.4 Å². The molecule has 0 aliphatic heterocycles. The van der Waals surface area contributed by atoms with E-state index in [1.54, 1.807) is 24.3 Å². The van der Waals surface area contributed by atoms with Crippen LogP contribution in [0.3, 0.4) is 0 Å². The molecule has 0 N–H and O–H groups in total. The van der Waals surface area contributed by atoms with E-state index in [0.29, 0.717) is 42.8 Å². The lowest BCUT2D eigenvalue weighted by atomic mass is 10.0. The number of nitriles is 1. The molecule has 1 aromatic heterocycles. The summed E-state index contributed by atoms with van der Waals surface area (Å²) in [6.07, 6.45) is 0.747. The normalized spacial score (nSPS) is 10.5. The van der Waals surface area contributed by atoms with Crippen LogP contribution in [0.4, 0.5) is 0 Å². The smallest absolute Gasteiger partial charge is 0.309 e. The molecule has 0 saturated carbocycles. The molecule has 6 nitrogen and oxygen atoms in total. The van der Waals surface area contributed by atoms with Crippen LogP contribution in [-0.2, 0) is 40.3 Å².